The Morgan fingerprint density at radius 1 is 1.00 bits per heavy atom. The number of hydrogen-bond acceptors (Lipinski definition) is 4. The molecule has 5 rings (SSSR count). The summed E-state index contributed by atoms with van der Waals surface area (Å²) in [5, 5.41) is 15.1. The average molecular weight is 519 g/mol. The van der Waals surface area contributed by atoms with Crippen LogP contribution in [0.1, 0.15) is 69.5 Å². The van der Waals surface area contributed by atoms with E-state index in [0.29, 0.717) is 30.0 Å². The van der Waals surface area contributed by atoms with E-state index < -0.39 is 0 Å². The third kappa shape index (κ3) is 5.72. The summed E-state index contributed by atoms with van der Waals surface area (Å²) in [7, 11) is 0. The van der Waals surface area contributed by atoms with Gasteiger partial charge in [0, 0.05) is 12.1 Å². The molecule has 4 aromatic rings. The lowest BCUT2D eigenvalue weighted by Crippen LogP contribution is -2.26. The van der Waals surface area contributed by atoms with Gasteiger partial charge in [-0.2, -0.15) is 5.21 Å². The van der Waals surface area contributed by atoms with Crippen molar-refractivity contribution in [2.75, 3.05) is 0 Å². The third-order valence-electron chi connectivity index (χ3n) is 7.63. The third-order valence-corrected chi connectivity index (χ3v) is 8.06. The Labute approximate surface area is 222 Å². The fraction of sp³-hybridized carbons (Fsp3) is 0.448. The van der Waals surface area contributed by atoms with Crippen LogP contribution in [0.15, 0.2) is 53.3 Å². The van der Waals surface area contributed by atoms with Crippen LogP contribution in [0, 0.1) is 5.92 Å². The smallest absolute Gasteiger partial charge is 0.290 e. The van der Waals surface area contributed by atoms with Gasteiger partial charge in [-0.25, -0.2) is 4.79 Å². The SMILES string of the molecule is CCCCc1c(Cl)n(CCC2CCCCC2)c(=O)n1Cc1ccc(-c2ccccc2-c2nn[nH]n2)cc1. The van der Waals surface area contributed by atoms with Crippen molar-refractivity contribution >= 4 is 11.6 Å². The number of unbranched alkanes of at least 4 members (excludes halogenated alkanes) is 1. The summed E-state index contributed by atoms with van der Waals surface area (Å²) in [4.78, 5) is 13.5. The Bertz CT molecular complexity index is 1350. The number of nitrogens with zero attached hydrogens (tertiary/aromatic N) is 5. The van der Waals surface area contributed by atoms with Gasteiger partial charge in [-0.15, -0.1) is 10.2 Å². The fourth-order valence-corrected chi connectivity index (χ4v) is 5.87. The Morgan fingerprint density at radius 2 is 1.76 bits per heavy atom. The average Bonchev–Trinajstić information content (AvgIpc) is 3.55. The maximum absolute atomic E-state index is 13.5. The summed E-state index contributed by atoms with van der Waals surface area (Å²) in [6.07, 6.45) is 10.4. The summed E-state index contributed by atoms with van der Waals surface area (Å²) >= 11 is 6.85. The lowest BCUT2D eigenvalue weighted by molar-refractivity contribution is 0.322. The highest BCUT2D eigenvalue weighted by Gasteiger charge is 2.20. The van der Waals surface area contributed by atoms with Crippen molar-refractivity contribution in [3.8, 4) is 22.5 Å². The molecule has 2 aromatic carbocycles. The molecule has 2 aromatic heterocycles. The Balaban J connectivity index is 1.39. The predicted octanol–water partition coefficient (Wildman–Crippen LogP) is 6.51. The zero-order valence-electron chi connectivity index (χ0n) is 21.5. The van der Waals surface area contributed by atoms with Gasteiger partial charge in [0.1, 0.15) is 5.15 Å². The van der Waals surface area contributed by atoms with Crippen LogP contribution in [0.3, 0.4) is 0 Å². The summed E-state index contributed by atoms with van der Waals surface area (Å²) in [5.74, 6) is 1.28. The van der Waals surface area contributed by atoms with Gasteiger partial charge in [0.25, 0.3) is 0 Å². The molecule has 1 aliphatic rings. The number of aromatic nitrogens is 6. The normalized spacial score (nSPS) is 14.3. The van der Waals surface area contributed by atoms with Crippen LogP contribution in [-0.4, -0.2) is 29.8 Å². The van der Waals surface area contributed by atoms with Crippen molar-refractivity contribution < 1.29 is 0 Å². The standard InChI is InChI=1S/C29H35ClN6O/c1-2-3-13-26-27(30)35(19-18-21-9-5-4-6-10-21)29(37)36(26)20-22-14-16-23(17-15-22)24-11-7-8-12-25(24)28-31-33-34-32-28/h7-8,11-12,14-17,21H,2-6,9-10,13,18-20H2,1H3,(H,31,32,33,34). The number of hydrogen-bond donors (Lipinski definition) is 1. The topological polar surface area (TPSA) is 81.4 Å². The van der Waals surface area contributed by atoms with Gasteiger partial charge in [0.15, 0.2) is 0 Å². The van der Waals surface area contributed by atoms with Crippen molar-refractivity contribution in [3.63, 3.8) is 0 Å². The second-order valence-electron chi connectivity index (χ2n) is 10.1. The zero-order chi connectivity index (χ0) is 25.6. The molecule has 1 N–H and O–H groups in total. The van der Waals surface area contributed by atoms with Crippen LogP contribution in [0.5, 0.6) is 0 Å². The summed E-state index contributed by atoms with van der Waals surface area (Å²) < 4.78 is 3.71. The van der Waals surface area contributed by atoms with E-state index in [1.807, 2.05) is 27.3 Å². The molecule has 0 radical (unpaired) electrons. The minimum atomic E-state index is 0.0124. The minimum absolute atomic E-state index is 0.0124. The molecule has 0 saturated heterocycles. The van der Waals surface area contributed by atoms with Crippen molar-refractivity contribution in [3.05, 3.63) is 75.4 Å². The highest BCUT2D eigenvalue weighted by atomic mass is 35.5. The summed E-state index contributed by atoms with van der Waals surface area (Å²) in [5.41, 5.74) is 5.06. The molecule has 7 nitrogen and oxygen atoms in total. The molecule has 8 heteroatoms. The first-order valence-electron chi connectivity index (χ1n) is 13.6. The number of imidazole rings is 1. The maximum Gasteiger partial charge on any atom is 0.329 e. The van der Waals surface area contributed by atoms with E-state index in [-0.39, 0.29) is 5.69 Å². The number of rotatable bonds is 10. The lowest BCUT2D eigenvalue weighted by Gasteiger charge is -2.21. The molecule has 0 unspecified atom stereocenters. The fourth-order valence-electron chi connectivity index (χ4n) is 5.52. The van der Waals surface area contributed by atoms with Gasteiger partial charge >= 0.3 is 5.69 Å². The number of aromatic amines is 1. The first-order valence-corrected chi connectivity index (χ1v) is 13.9. The van der Waals surface area contributed by atoms with Crippen LogP contribution >= 0.6 is 11.6 Å². The minimum Gasteiger partial charge on any atom is -0.290 e. The van der Waals surface area contributed by atoms with Crippen molar-refractivity contribution in [1.82, 2.24) is 29.8 Å². The maximum atomic E-state index is 13.5. The molecule has 2 heterocycles. The molecule has 0 aliphatic heterocycles. The highest BCUT2D eigenvalue weighted by molar-refractivity contribution is 6.30. The van der Waals surface area contributed by atoms with Gasteiger partial charge in [-0.05, 0) is 47.1 Å². The zero-order valence-corrected chi connectivity index (χ0v) is 22.3. The molecule has 37 heavy (non-hydrogen) atoms. The molecule has 1 saturated carbocycles. The van der Waals surface area contributed by atoms with Crippen molar-refractivity contribution in [2.45, 2.75) is 77.8 Å². The Morgan fingerprint density at radius 3 is 2.46 bits per heavy atom. The van der Waals surface area contributed by atoms with Crippen LogP contribution < -0.4 is 5.69 Å². The number of H-pyrrole nitrogens is 1. The van der Waals surface area contributed by atoms with E-state index in [1.165, 1.54) is 32.1 Å². The quantitative estimate of drug-likeness (QED) is 0.259. The Kier molecular flexibility index (Phi) is 8.19. The molecular weight excluding hydrogens is 484 g/mol. The number of benzene rings is 2. The lowest BCUT2D eigenvalue weighted by atomic mass is 9.87. The van der Waals surface area contributed by atoms with E-state index >= 15 is 0 Å². The molecule has 0 atom stereocenters. The largest absolute Gasteiger partial charge is 0.329 e. The molecule has 1 fully saturated rings. The molecule has 0 spiro atoms. The van der Waals surface area contributed by atoms with E-state index in [2.05, 4.69) is 57.9 Å². The van der Waals surface area contributed by atoms with Gasteiger partial charge in [-0.3, -0.25) is 9.13 Å². The van der Waals surface area contributed by atoms with Crippen molar-refractivity contribution in [2.24, 2.45) is 5.92 Å². The molecule has 194 valence electrons. The number of halogens is 1. The monoisotopic (exact) mass is 518 g/mol. The Hall–Kier alpha value is -3.19. The van der Waals surface area contributed by atoms with E-state index in [4.69, 9.17) is 11.6 Å². The number of tetrazole rings is 1. The molecular formula is C29H35ClN6O. The predicted molar refractivity (Wildman–Crippen MR) is 148 cm³/mol. The highest BCUT2D eigenvalue weighted by Crippen LogP contribution is 2.30. The van der Waals surface area contributed by atoms with E-state index in [9.17, 15) is 4.79 Å². The van der Waals surface area contributed by atoms with Crippen molar-refractivity contribution in [1.29, 1.82) is 0 Å². The van der Waals surface area contributed by atoms with E-state index in [1.54, 1.807) is 0 Å². The second kappa shape index (κ2) is 11.9. The van der Waals surface area contributed by atoms with E-state index in [0.717, 1.165) is 53.6 Å². The second-order valence-corrected chi connectivity index (χ2v) is 10.5. The molecule has 1 aliphatic carbocycles. The summed E-state index contributed by atoms with van der Waals surface area (Å²) in [6.45, 7) is 3.39. The molecule has 0 bridgehead atoms. The number of nitrogens with one attached hydrogen (secondary N) is 1. The first kappa shape index (κ1) is 25.5. The first-order chi connectivity index (χ1) is 18.2. The van der Waals surface area contributed by atoms with Gasteiger partial charge in [0.2, 0.25) is 5.82 Å². The van der Waals surface area contributed by atoms with Gasteiger partial charge in [-0.1, -0.05) is 106 Å². The van der Waals surface area contributed by atoms with Gasteiger partial charge in [0.05, 0.1) is 12.2 Å². The van der Waals surface area contributed by atoms with Crippen LogP contribution in [0.2, 0.25) is 5.15 Å². The molecule has 0 amide bonds. The van der Waals surface area contributed by atoms with Crippen LogP contribution in [-0.2, 0) is 19.5 Å². The van der Waals surface area contributed by atoms with Crippen LogP contribution in [0.4, 0.5) is 0 Å². The summed E-state index contributed by atoms with van der Waals surface area (Å²) in [6, 6.07) is 16.4. The van der Waals surface area contributed by atoms with Gasteiger partial charge < -0.3 is 0 Å². The van der Waals surface area contributed by atoms with Crippen LogP contribution in [0.25, 0.3) is 22.5 Å².